The van der Waals surface area contributed by atoms with Gasteiger partial charge in [-0.1, -0.05) is 6.08 Å². The topological polar surface area (TPSA) is 96.5 Å². The number of carbonyl (C=O) groups is 3. The maximum atomic E-state index is 12.2. The molecule has 7 heteroatoms. The molecule has 0 unspecified atom stereocenters. The quantitative estimate of drug-likeness (QED) is 0.418. The van der Waals surface area contributed by atoms with Gasteiger partial charge in [-0.3, -0.25) is 9.59 Å². The highest BCUT2D eigenvalue weighted by atomic mass is 16.5. The Hall–Kier alpha value is -3.61. The Balaban J connectivity index is 1.79. The maximum absolute atomic E-state index is 12.2. The first-order valence-electron chi connectivity index (χ1n) is 9.33. The van der Waals surface area contributed by atoms with Gasteiger partial charge in [-0.25, -0.2) is 4.79 Å². The number of ketones is 1. The highest BCUT2D eigenvalue weighted by Crippen LogP contribution is 2.16. The van der Waals surface area contributed by atoms with Crippen molar-refractivity contribution < 1.29 is 19.1 Å². The number of Topliss-reactive ketones (excluding diaryl/α,β-unsaturated/α-hetero) is 1. The lowest BCUT2D eigenvalue weighted by Gasteiger charge is -2.08. The van der Waals surface area contributed by atoms with Gasteiger partial charge in [0, 0.05) is 36.3 Å². The molecule has 0 atom stereocenters. The molecular weight excluding hydrogens is 370 g/mol. The molecule has 0 aliphatic carbocycles. The molecule has 0 radical (unpaired) electrons. The van der Waals surface area contributed by atoms with E-state index in [9.17, 15) is 14.4 Å². The minimum atomic E-state index is -0.338. The van der Waals surface area contributed by atoms with Crippen LogP contribution in [-0.2, 0) is 4.79 Å². The monoisotopic (exact) mass is 395 g/mol. The van der Waals surface area contributed by atoms with E-state index in [0.29, 0.717) is 35.8 Å². The van der Waals surface area contributed by atoms with Gasteiger partial charge in [-0.05, 0) is 55.5 Å². The molecule has 3 amide bonds. The van der Waals surface area contributed by atoms with Crippen molar-refractivity contribution in [3.05, 3.63) is 66.7 Å². The third-order valence-electron chi connectivity index (χ3n) is 3.90. The van der Waals surface area contributed by atoms with Crippen LogP contribution in [0.25, 0.3) is 0 Å². The Morgan fingerprint density at radius 2 is 1.55 bits per heavy atom. The van der Waals surface area contributed by atoms with Gasteiger partial charge in [0.15, 0.2) is 5.78 Å². The zero-order valence-electron chi connectivity index (χ0n) is 16.4. The number of nitrogens with one attached hydrogen (secondary N) is 3. The van der Waals surface area contributed by atoms with E-state index >= 15 is 0 Å². The minimum absolute atomic E-state index is 0.0794. The van der Waals surface area contributed by atoms with Crippen molar-refractivity contribution in [3.8, 4) is 5.75 Å². The summed E-state index contributed by atoms with van der Waals surface area (Å²) in [5.41, 5.74) is 1.72. The van der Waals surface area contributed by atoms with Crippen LogP contribution < -0.4 is 20.7 Å². The van der Waals surface area contributed by atoms with Crippen molar-refractivity contribution in [2.24, 2.45) is 0 Å². The van der Waals surface area contributed by atoms with E-state index in [4.69, 9.17) is 4.74 Å². The van der Waals surface area contributed by atoms with E-state index in [0.717, 1.165) is 0 Å². The first-order valence-corrected chi connectivity index (χ1v) is 9.33. The van der Waals surface area contributed by atoms with Gasteiger partial charge in [0.25, 0.3) is 0 Å². The summed E-state index contributed by atoms with van der Waals surface area (Å²) in [4.78, 5) is 35.9. The lowest BCUT2D eigenvalue weighted by Crippen LogP contribution is -2.28. The number of amides is 3. The van der Waals surface area contributed by atoms with Crippen molar-refractivity contribution in [2.45, 2.75) is 19.8 Å². The van der Waals surface area contributed by atoms with Crippen LogP contribution in [0.1, 0.15) is 30.1 Å². The first kappa shape index (κ1) is 21.7. The molecule has 7 nitrogen and oxygen atoms in total. The summed E-state index contributed by atoms with van der Waals surface area (Å²) >= 11 is 0. The van der Waals surface area contributed by atoms with Crippen molar-refractivity contribution in [3.63, 3.8) is 0 Å². The van der Waals surface area contributed by atoms with Gasteiger partial charge in [-0.15, -0.1) is 6.58 Å². The summed E-state index contributed by atoms with van der Waals surface area (Å²) in [6, 6.07) is 13.2. The largest absolute Gasteiger partial charge is 0.494 e. The Bertz CT molecular complexity index is 845. The van der Waals surface area contributed by atoms with E-state index in [1.165, 1.54) is 0 Å². The standard InChI is InChI=1S/C22H25N3O4/c1-3-15-23-22(28)25-18-9-7-17(8-10-18)24-21(27)14-13-20(26)16-5-11-19(12-6-16)29-4-2/h3,5-12H,1,4,13-15H2,2H3,(H,24,27)(H2,23,25,28). The molecule has 0 aliphatic rings. The molecule has 152 valence electrons. The Morgan fingerprint density at radius 3 is 2.14 bits per heavy atom. The SMILES string of the molecule is C=CCNC(=O)Nc1ccc(NC(=O)CCC(=O)c2ccc(OCC)cc2)cc1. The molecule has 2 rings (SSSR count). The van der Waals surface area contributed by atoms with Crippen LogP contribution in [0.15, 0.2) is 61.2 Å². The van der Waals surface area contributed by atoms with Crippen LogP contribution in [-0.4, -0.2) is 30.9 Å². The third kappa shape index (κ3) is 7.50. The zero-order valence-corrected chi connectivity index (χ0v) is 16.4. The number of hydrogen-bond acceptors (Lipinski definition) is 4. The van der Waals surface area contributed by atoms with Gasteiger partial charge >= 0.3 is 6.03 Å². The predicted molar refractivity (Wildman–Crippen MR) is 113 cm³/mol. The predicted octanol–water partition coefficient (Wildman–Crippen LogP) is 3.99. The maximum Gasteiger partial charge on any atom is 0.319 e. The van der Waals surface area contributed by atoms with E-state index in [1.807, 2.05) is 6.92 Å². The normalized spacial score (nSPS) is 9.97. The van der Waals surface area contributed by atoms with Crippen molar-refractivity contribution in [1.29, 1.82) is 0 Å². The molecule has 0 saturated heterocycles. The molecule has 0 heterocycles. The second kappa shape index (κ2) is 11.3. The van der Waals surface area contributed by atoms with E-state index in [1.54, 1.807) is 54.6 Å². The van der Waals surface area contributed by atoms with Gasteiger partial charge in [0.1, 0.15) is 5.75 Å². The number of ether oxygens (including phenoxy) is 1. The van der Waals surface area contributed by atoms with Crippen LogP contribution in [0.3, 0.4) is 0 Å². The highest BCUT2D eigenvalue weighted by molar-refractivity contribution is 6.00. The summed E-state index contributed by atoms with van der Waals surface area (Å²) in [7, 11) is 0. The molecule has 0 saturated carbocycles. The van der Waals surface area contributed by atoms with Crippen LogP contribution in [0.4, 0.5) is 16.2 Å². The van der Waals surface area contributed by atoms with Gasteiger partial charge in [-0.2, -0.15) is 0 Å². The lowest BCUT2D eigenvalue weighted by atomic mass is 10.1. The number of carbonyl (C=O) groups excluding carboxylic acids is 3. The molecule has 0 spiro atoms. The van der Waals surface area contributed by atoms with Gasteiger partial charge in [0.05, 0.1) is 6.61 Å². The number of benzene rings is 2. The molecule has 0 fully saturated rings. The van der Waals surface area contributed by atoms with E-state index < -0.39 is 0 Å². The van der Waals surface area contributed by atoms with Crippen LogP contribution >= 0.6 is 0 Å². The molecule has 29 heavy (non-hydrogen) atoms. The average molecular weight is 395 g/mol. The number of anilines is 2. The van der Waals surface area contributed by atoms with E-state index in [2.05, 4.69) is 22.5 Å². The zero-order chi connectivity index (χ0) is 21.1. The highest BCUT2D eigenvalue weighted by Gasteiger charge is 2.10. The molecule has 2 aromatic rings. The summed E-state index contributed by atoms with van der Waals surface area (Å²) in [5, 5.41) is 8.00. The lowest BCUT2D eigenvalue weighted by molar-refractivity contribution is -0.116. The van der Waals surface area contributed by atoms with E-state index in [-0.39, 0.29) is 30.6 Å². The van der Waals surface area contributed by atoms with Crippen LogP contribution in [0, 0.1) is 0 Å². The number of hydrogen-bond donors (Lipinski definition) is 3. The number of urea groups is 1. The summed E-state index contributed by atoms with van der Waals surface area (Å²) < 4.78 is 5.35. The van der Waals surface area contributed by atoms with Crippen molar-refractivity contribution >= 4 is 29.1 Å². The first-order chi connectivity index (χ1) is 14.0. The fourth-order valence-electron chi connectivity index (χ4n) is 2.48. The summed E-state index contributed by atoms with van der Waals surface area (Å²) in [6.45, 7) is 6.35. The fraction of sp³-hybridized carbons (Fsp3) is 0.227. The molecule has 3 N–H and O–H groups in total. The van der Waals surface area contributed by atoms with Gasteiger partial charge in [0.2, 0.25) is 5.91 Å². The van der Waals surface area contributed by atoms with Gasteiger partial charge < -0.3 is 20.7 Å². The molecule has 0 aliphatic heterocycles. The average Bonchev–Trinajstić information content (AvgIpc) is 2.72. The number of rotatable bonds is 10. The minimum Gasteiger partial charge on any atom is -0.494 e. The van der Waals surface area contributed by atoms with Crippen LogP contribution in [0.2, 0.25) is 0 Å². The summed E-state index contributed by atoms with van der Waals surface area (Å²) in [6.07, 6.45) is 1.78. The third-order valence-corrected chi connectivity index (χ3v) is 3.90. The molecule has 2 aromatic carbocycles. The van der Waals surface area contributed by atoms with Crippen molar-refractivity contribution in [2.75, 3.05) is 23.8 Å². The Labute approximate surface area is 170 Å². The molecular formula is C22H25N3O4. The second-order valence-corrected chi connectivity index (χ2v) is 6.13. The Morgan fingerprint density at radius 1 is 0.931 bits per heavy atom. The fourth-order valence-corrected chi connectivity index (χ4v) is 2.48. The van der Waals surface area contributed by atoms with Crippen molar-refractivity contribution in [1.82, 2.24) is 5.32 Å². The molecule has 0 bridgehead atoms. The molecule has 0 aromatic heterocycles. The Kier molecular flexibility index (Phi) is 8.44. The summed E-state index contributed by atoms with van der Waals surface area (Å²) in [5.74, 6) is 0.347. The van der Waals surface area contributed by atoms with Crippen LogP contribution in [0.5, 0.6) is 5.75 Å². The second-order valence-electron chi connectivity index (χ2n) is 6.13. The smallest absolute Gasteiger partial charge is 0.319 e.